The molecule has 9 atom stereocenters. The minimum absolute atomic E-state index is 0.0736. The Kier molecular flexibility index (Phi) is 11.2. The van der Waals surface area contributed by atoms with Gasteiger partial charge in [-0.15, -0.1) is 0 Å². The Balaban J connectivity index is 1.88. The number of ether oxygens (including phenoxy) is 4. The van der Waals surface area contributed by atoms with E-state index in [-0.39, 0.29) is 38.9 Å². The zero-order chi connectivity index (χ0) is 37.4. The van der Waals surface area contributed by atoms with Gasteiger partial charge in [0.1, 0.15) is 17.2 Å². The van der Waals surface area contributed by atoms with E-state index in [2.05, 4.69) is 5.32 Å². The lowest BCUT2D eigenvalue weighted by Gasteiger charge is -2.37. The van der Waals surface area contributed by atoms with Gasteiger partial charge in [-0.1, -0.05) is 45.9 Å². The maximum atomic E-state index is 13.9. The summed E-state index contributed by atoms with van der Waals surface area (Å²) < 4.78 is 22.6. The number of phenols is 3. The second kappa shape index (κ2) is 14.7. The van der Waals surface area contributed by atoms with Crippen LogP contribution in [-0.4, -0.2) is 81.5 Å². The largest absolute Gasteiger partial charge is 0.507 e. The molecule has 0 spiro atoms. The SMILES string of the molecule is COC(=O)[C@H]1[C@@H](C)[C@@H](OC)/C=C\O[C@@]2(C)Oc3c(C)c(O)c4c(O)c(cc(O)c4c3C2=O)NC(=O)/C(C)=C\C=C[C@@H](C)[C@@H](O)[C@@H](C)[C@H](O)[C@@H]1C. The number of hydrogen-bond acceptors (Lipinski definition) is 12. The normalized spacial score (nSPS) is 32.6. The lowest BCUT2D eigenvalue weighted by molar-refractivity contribution is -0.155. The number of phenolic OH excluding ortho intramolecular Hbond substituents is 3. The quantitative estimate of drug-likeness (QED) is 0.145. The molecule has 1 amide bonds. The number of allylic oxidation sites excluding steroid dienone is 2. The zero-order valence-corrected chi connectivity index (χ0v) is 29.7. The van der Waals surface area contributed by atoms with E-state index in [0.717, 1.165) is 6.07 Å². The Labute approximate surface area is 290 Å². The Morgan fingerprint density at radius 3 is 2.20 bits per heavy atom. The molecule has 0 fully saturated rings. The van der Waals surface area contributed by atoms with E-state index in [0.29, 0.717) is 0 Å². The molecule has 0 aliphatic carbocycles. The molecule has 0 aromatic heterocycles. The number of Topliss-reactive ketones (excluding diaryl/α,β-unsaturated/α-hetero) is 1. The topological polar surface area (TPSA) is 201 Å². The Morgan fingerprint density at radius 1 is 0.920 bits per heavy atom. The van der Waals surface area contributed by atoms with Crippen molar-refractivity contribution in [2.45, 2.75) is 72.6 Å². The summed E-state index contributed by atoms with van der Waals surface area (Å²) in [6, 6.07) is 1.06. The highest BCUT2D eigenvalue weighted by molar-refractivity contribution is 6.21. The van der Waals surface area contributed by atoms with Crippen LogP contribution in [-0.2, 0) is 23.8 Å². The van der Waals surface area contributed by atoms with Crippen molar-refractivity contribution in [2.75, 3.05) is 19.5 Å². The van der Waals surface area contributed by atoms with Gasteiger partial charge in [-0.05, 0) is 31.8 Å². The first-order chi connectivity index (χ1) is 23.4. The van der Waals surface area contributed by atoms with Crippen LogP contribution in [0.4, 0.5) is 5.69 Å². The molecule has 3 heterocycles. The van der Waals surface area contributed by atoms with E-state index in [1.165, 1.54) is 53.4 Å². The highest BCUT2D eigenvalue weighted by Gasteiger charge is 2.49. The number of nitrogens with one attached hydrogen (secondary N) is 1. The van der Waals surface area contributed by atoms with Gasteiger partial charge in [0.2, 0.25) is 0 Å². The number of ketones is 1. The molecule has 2 aromatic carbocycles. The number of fused-ring (bicyclic) bond motifs is 14. The lowest BCUT2D eigenvalue weighted by Crippen LogP contribution is -2.45. The summed E-state index contributed by atoms with van der Waals surface area (Å²) >= 11 is 0. The van der Waals surface area contributed by atoms with E-state index in [4.69, 9.17) is 18.9 Å². The number of esters is 1. The number of benzene rings is 2. The second-order valence-electron chi connectivity index (χ2n) is 13.4. The third kappa shape index (κ3) is 6.77. The summed E-state index contributed by atoms with van der Waals surface area (Å²) in [5, 5.41) is 58.2. The van der Waals surface area contributed by atoms with Crippen molar-refractivity contribution in [3.8, 4) is 23.0 Å². The van der Waals surface area contributed by atoms with Gasteiger partial charge in [-0.3, -0.25) is 14.4 Å². The van der Waals surface area contributed by atoms with Crippen LogP contribution in [0.25, 0.3) is 10.8 Å². The van der Waals surface area contributed by atoms with Crippen molar-refractivity contribution < 1.29 is 58.9 Å². The van der Waals surface area contributed by atoms with Crippen LogP contribution in [0.15, 0.2) is 42.2 Å². The van der Waals surface area contributed by atoms with Crippen LogP contribution >= 0.6 is 0 Å². The molecule has 2 aromatic rings. The minimum atomic E-state index is -1.99. The van der Waals surface area contributed by atoms with Crippen molar-refractivity contribution in [2.24, 2.45) is 29.6 Å². The summed E-state index contributed by atoms with van der Waals surface area (Å²) in [6.07, 6.45) is 4.39. The smallest absolute Gasteiger partial charge is 0.312 e. The number of methoxy groups -OCH3 is 2. The number of aliphatic hydroxyl groups is 2. The standard InChI is InChI=1S/C37H47NO12/c1-16-11-10-12-17(2)35(45)38-22-15-23(39)26-27(32(22)43)31(42)21(6)33-28(26)34(44)37(7,50-33)49-14-13-24(47-8)18(3)25(36(46)48-9)19(4)30(41)20(5)29(16)40/h10-16,18-20,24-25,29-30,39-43H,1-9H3,(H,38,45)/b11-10?,14-13-,17-12-/t16-,18+,19-,20-,24+,25+,29-,30-,37+/m1/s1. The Bertz CT molecular complexity index is 1760. The fourth-order valence-corrected chi connectivity index (χ4v) is 6.84. The summed E-state index contributed by atoms with van der Waals surface area (Å²) in [5.74, 6) is -9.04. The summed E-state index contributed by atoms with van der Waals surface area (Å²) in [6.45, 7) is 11.2. The predicted octanol–water partition coefficient (Wildman–Crippen LogP) is 4.61. The Hall–Kier alpha value is -4.59. The van der Waals surface area contributed by atoms with Crippen molar-refractivity contribution in [3.05, 3.63) is 53.3 Å². The monoisotopic (exact) mass is 697 g/mol. The number of carbonyl (C=O) groups is 3. The lowest BCUT2D eigenvalue weighted by atomic mass is 9.73. The average molecular weight is 698 g/mol. The van der Waals surface area contributed by atoms with Gasteiger partial charge in [0.25, 0.3) is 11.7 Å². The molecule has 5 rings (SSSR count). The fraction of sp³-hybridized carbons (Fsp3) is 0.486. The highest BCUT2D eigenvalue weighted by Crippen LogP contribution is 2.53. The first-order valence-electron chi connectivity index (χ1n) is 16.4. The Morgan fingerprint density at radius 2 is 1.58 bits per heavy atom. The van der Waals surface area contributed by atoms with Crippen LogP contribution in [0.3, 0.4) is 0 Å². The van der Waals surface area contributed by atoms with Crippen LogP contribution < -0.4 is 10.1 Å². The van der Waals surface area contributed by atoms with Gasteiger partial charge in [0.05, 0.1) is 54.2 Å². The highest BCUT2D eigenvalue weighted by atomic mass is 16.7. The maximum Gasteiger partial charge on any atom is 0.312 e. The van der Waals surface area contributed by atoms with Gasteiger partial charge < -0.3 is 49.8 Å². The molecule has 0 saturated heterocycles. The average Bonchev–Trinajstić information content (AvgIpc) is 3.34. The molecular formula is C37H47NO12. The first kappa shape index (κ1) is 38.2. The van der Waals surface area contributed by atoms with E-state index in [1.54, 1.807) is 39.8 Å². The van der Waals surface area contributed by atoms with Crippen molar-refractivity contribution in [1.82, 2.24) is 0 Å². The zero-order valence-electron chi connectivity index (χ0n) is 29.7. The molecule has 272 valence electrons. The molecule has 3 aliphatic heterocycles. The second-order valence-corrected chi connectivity index (χ2v) is 13.4. The molecule has 50 heavy (non-hydrogen) atoms. The molecule has 0 radical (unpaired) electrons. The third-order valence-electron chi connectivity index (χ3n) is 10.1. The molecule has 13 nitrogen and oxygen atoms in total. The molecule has 3 aliphatic rings. The molecule has 0 unspecified atom stereocenters. The van der Waals surface area contributed by atoms with E-state index in [1.807, 2.05) is 0 Å². The summed E-state index contributed by atoms with van der Waals surface area (Å²) in [4.78, 5) is 40.2. The molecule has 5 bridgehead atoms. The molecular weight excluding hydrogens is 650 g/mol. The molecule has 13 heteroatoms. The van der Waals surface area contributed by atoms with Gasteiger partial charge in [0, 0.05) is 48.5 Å². The van der Waals surface area contributed by atoms with Crippen LogP contribution in [0, 0.1) is 36.5 Å². The molecule has 0 saturated carbocycles. The number of hydrogen-bond donors (Lipinski definition) is 6. The minimum Gasteiger partial charge on any atom is -0.507 e. The first-order valence-corrected chi connectivity index (χ1v) is 16.4. The van der Waals surface area contributed by atoms with Crippen LogP contribution in [0.2, 0.25) is 0 Å². The number of anilines is 1. The van der Waals surface area contributed by atoms with Gasteiger partial charge in [-0.25, -0.2) is 0 Å². The number of amides is 1. The van der Waals surface area contributed by atoms with E-state index in [9.17, 15) is 39.9 Å². The number of aromatic hydroxyl groups is 3. The maximum absolute atomic E-state index is 13.9. The van der Waals surface area contributed by atoms with Crippen molar-refractivity contribution in [3.63, 3.8) is 0 Å². The van der Waals surface area contributed by atoms with Crippen LogP contribution in [0.5, 0.6) is 23.0 Å². The van der Waals surface area contributed by atoms with Gasteiger partial charge >= 0.3 is 11.8 Å². The number of carbonyl (C=O) groups excluding carboxylic acids is 3. The predicted molar refractivity (Wildman–Crippen MR) is 184 cm³/mol. The van der Waals surface area contributed by atoms with Gasteiger partial charge in [-0.2, -0.15) is 0 Å². The van der Waals surface area contributed by atoms with Crippen molar-refractivity contribution in [1.29, 1.82) is 0 Å². The van der Waals surface area contributed by atoms with E-state index < -0.39 is 88.6 Å². The fourth-order valence-electron chi connectivity index (χ4n) is 6.84. The summed E-state index contributed by atoms with van der Waals surface area (Å²) in [7, 11) is 2.66. The molecule has 6 N–H and O–H groups in total. The van der Waals surface area contributed by atoms with E-state index >= 15 is 0 Å². The summed E-state index contributed by atoms with van der Waals surface area (Å²) in [5.41, 5.74) is -0.105. The van der Waals surface area contributed by atoms with Crippen LogP contribution in [0.1, 0.15) is 57.5 Å². The number of aliphatic hydroxyl groups excluding tert-OH is 2. The van der Waals surface area contributed by atoms with Gasteiger partial charge in [0.15, 0.2) is 5.75 Å². The number of rotatable bonds is 2. The third-order valence-corrected chi connectivity index (χ3v) is 10.1. The van der Waals surface area contributed by atoms with Crippen molar-refractivity contribution >= 4 is 34.1 Å².